The zero-order valence-corrected chi connectivity index (χ0v) is 18.5. The molecule has 32 heavy (non-hydrogen) atoms. The number of halogens is 2. The Hall–Kier alpha value is -2.51. The van der Waals surface area contributed by atoms with Crippen LogP contribution in [0.15, 0.2) is 42.5 Å². The zero-order chi connectivity index (χ0) is 22.2. The van der Waals surface area contributed by atoms with Crippen molar-refractivity contribution in [1.82, 2.24) is 14.7 Å². The first kappa shape index (κ1) is 21.3. The van der Waals surface area contributed by atoms with Crippen molar-refractivity contribution >= 4 is 17.3 Å². The minimum absolute atomic E-state index is 0.157. The Morgan fingerprint density at radius 3 is 2.31 bits per heavy atom. The number of carbonyl (C=O) groups excluding carboxylic acids is 1. The molecule has 0 spiro atoms. The summed E-state index contributed by atoms with van der Waals surface area (Å²) in [6, 6.07) is 11.9. The van der Waals surface area contributed by atoms with Crippen LogP contribution in [0.2, 0.25) is 0 Å². The predicted molar refractivity (Wildman–Crippen MR) is 121 cm³/mol. The van der Waals surface area contributed by atoms with Gasteiger partial charge >= 0.3 is 0 Å². The second-order valence-electron chi connectivity index (χ2n) is 9.16. The van der Waals surface area contributed by atoms with E-state index in [1.807, 2.05) is 23.1 Å². The van der Waals surface area contributed by atoms with Crippen molar-refractivity contribution in [2.45, 2.75) is 25.3 Å². The molecule has 170 valence electrons. The van der Waals surface area contributed by atoms with Crippen LogP contribution in [-0.4, -0.2) is 79.0 Å². The molecule has 2 aromatic rings. The van der Waals surface area contributed by atoms with Crippen LogP contribution < -0.4 is 4.90 Å². The lowest BCUT2D eigenvalue weighted by Gasteiger charge is -2.40. The first-order valence-corrected chi connectivity index (χ1v) is 11.5. The van der Waals surface area contributed by atoms with E-state index < -0.39 is 0 Å². The van der Waals surface area contributed by atoms with Gasteiger partial charge in [-0.2, -0.15) is 0 Å². The third kappa shape index (κ3) is 4.11. The molecule has 0 saturated carbocycles. The van der Waals surface area contributed by atoms with Gasteiger partial charge in [0.2, 0.25) is 5.91 Å². The molecule has 5 nitrogen and oxygen atoms in total. The molecule has 7 heteroatoms. The van der Waals surface area contributed by atoms with Crippen LogP contribution in [0.4, 0.5) is 20.2 Å². The summed E-state index contributed by atoms with van der Waals surface area (Å²) in [5.74, 6) is -0.0645. The number of rotatable bonds is 4. The van der Waals surface area contributed by atoms with Crippen molar-refractivity contribution in [1.29, 1.82) is 0 Å². The molecule has 0 aliphatic carbocycles. The summed E-state index contributed by atoms with van der Waals surface area (Å²) in [4.78, 5) is 20.6. The number of likely N-dealkylation sites (tertiary alicyclic amines) is 1. The Kier molecular flexibility index (Phi) is 5.86. The van der Waals surface area contributed by atoms with Gasteiger partial charge in [0.05, 0.1) is 0 Å². The fourth-order valence-electron chi connectivity index (χ4n) is 5.55. The summed E-state index contributed by atoms with van der Waals surface area (Å²) in [5.41, 5.74) is 3.05. The maximum atomic E-state index is 14.2. The van der Waals surface area contributed by atoms with Gasteiger partial charge in [0, 0.05) is 82.6 Å². The van der Waals surface area contributed by atoms with Gasteiger partial charge in [-0.15, -0.1) is 0 Å². The summed E-state index contributed by atoms with van der Waals surface area (Å²) in [7, 11) is 0. The standard InChI is InChI=1S/C25H30F2N4O/c1-18(32)30-14-12-28(13-15-30)10-11-29-9-8-25-23(17-29)22-16-20(27)4-7-24(22)31(25)21-5-2-19(26)3-6-21/h2-7,16,23,25H,8-15,17H2,1H3. The number of amides is 1. The lowest BCUT2D eigenvalue weighted by atomic mass is 9.89. The topological polar surface area (TPSA) is 30.0 Å². The lowest BCUT2D eigenvalue weighted by Crippen LogP contribution is -2.51. The van der Waals surface area contributed by atoms with Gasteiger partial charge in [-0.25, -0.2) is 8.78 Å². The van der Waals surface area contributed by atoms with Crippen LogP contribution in [0.3, 0.4) is 0 Å². The van der Waals surface area contributed by atoms with Gasteiger partial charge < -0.3 is 14.7 Å². The summed E-state index contributed by atoms with van der Waals surface area (Å²) in [6.45, 7) is 8.94. The highest BCUT2D eigenvalue weighted by Gasteiger charge is 2.42. The number of piperidine rings is 1. The van der Waals surface area contributed by atoms with Gasteiger partial charge in [-0.3, -0.25) is 9.69 Å². The summed E-state index contributed by atoms with van der Waals surface area (Å²) >= 11 is 0. The fourth-order valence-corrected chi connectivity index (χ4v) is 5.55. The van der Waals surface area contributed by atoms with Crippen LogP contribution in [0.1, 0.15) is 24.8 Å². The molecule has 0 aromatic heterocycles. The van der Waals surface area contributed by atoms with Crippen LogP contribution >= 0.6 is 0 Å². The van der Waals surface area contributed by atoms with E-state index in [1.54, 1.807) is 13.0 Å². The van der Waals surface area contributed by atoms with E-state index in [4.69, 9.17) is 0 Å². The highest BCUT2D eigenvalue weighted by atomic mass is 19.1. The number of hydrogen-bond donors (Lipinski definition) is 0. The highest BCUT2D eigenvalue weighted by Crippen LogP contribution is 2.48. The van der Waals surface area contributed by atoms with Crippen molar-refractivity contribution in [2.75, 3.05) is 57.3 Å². The van der Waals surface area contributed by atoms with E-state index in [0.717, 1.165) is 75.7 Å². The molecule has 2 saturated heterocycles. The van der Waals surface area contributed by atoms with Crippen molar-refractivity contribution < 1.29 is 13.6 Å². The van der Waals surface area contributed by atoms with Crippen LogP contribution in [0.5, 0.6) is 0 Å². The van der Waals surface area contributed by atoms with Gasteiger partial charge in [0.15, 0.2) is 0 Å². The average Bonchev–Trinajstić information content (AvgIpc) is 3.11. The molecule has 0 N–H and O–H groups in total. The molecule has 0 radical (unpaired) electrons. The monoisotopic (exact) mass is 440 g/mol. The Balaban J connectivity index is 1.28. The van der Waals surface area contributed by atoms with Crippen LogP contribution in [0, 0.1) is 11.6 Å². The number of fused-ring (bicyclic) bond motifs is 3. The molecule has 1 amide bonds. The lowest BCUT2D eigenvalue weighted by molar-refractivity contribution is -0.130. The Bertz CT molecular complexity index is 974. The molecular formula is C25H30F2N4O. The smallest absolute Gasteiger partial charge is 0.219 e. The largest absolute Gasteiger partial charge is 0.340 e. The van der Waals surface area contributed by atoms with Gasteiger partial charge in [-0.05, 0) is 54.4 Å². The third-order valence-electron chi connectivity index (χ3n) is 7.30. The summed E-state index contributed by atoms with van der Waals surface area (Å²) in [5, 5.41) is 0. The van der Waals surface area contributed by atoms with E-state index in [1.165, 1.54) is 18.2 Å². The number of anilines is 2. The van der Waals surface area contributed by atoms with E-state index >= 15 is 0 Å². The van der Waals surface area contributed by atoms with Crippen LogP contribution in [-0.2, 0) is 4.79 Å². The molecule has 2 unspecified atom stereocenters. The van der Waals surface area contributed by atoms with Crippen molar-refractivity contribution in [3.05, 3.63) is 59.7 Å². The number of carbonyl (C=O) groups is 1. The molecule has 2 atom stereocenters. The fraction of sp³-hybridized carbons (Fsp3) is 0.480. The molecule has 3 aliphatic rings. The molecule has 2 aromatic carbocycles. The van der Waals surface area contributed by atoms with Crippen LogP contribution in [0.25, 0.3) is 0 Å². The maximum absolute atomic E-state index is 14.2. The number of nitrogens with zero attached hydrogens (tertiary/aromatic N) is 4. The summed E-state index contributed by atoms with van der Waals surface area (Å²) < 4.78 is 27.7. The SMILES string of the molecule is CC(=O)N1CCN(CCN2CCC3C(C2)c2cc(F)ccc2N3c2ccc(F)cc2)CC1. The van der Waals surface area contributed by atoms with E-state index in [9.17, 15) is 13.6 Å². The Morgan fingerprint density at radius 2 is 1.59 bits per heavy atom. The molecular weight excluding hydrogens is 410 g/mol. The van der Waals surface area contributed by atoms with Gasteiger partial charge in [0.1, 0.15) is 11.6 Å². The van der Waals surface area contributed by atoms with E-state index in [0.29, 0.717) is 0 Å². The second kappa shape index (κ2) is 8.79. The number of hydrogen-bond acceptors (Lipinski definition) is 4. The molecule has 3 heterocycles. The Labute approximate surface area is 188 Å². The molecule has 0 bridgehead atoms. The first-order chi connectivity index (χ1) is 15.5. The quantitative estimate of drug-likeness (QED) is 0.729. The zero-order valence-electron chi connectivity index (χ0n) is 18.5. The van der Waals surface area contributed by atoms with E-state index in [2.05, 4.69) is 14.7 Å². The molecule has 5 rings (SSSR count). The molecule has 3 aliphatic heterocycles. The molecule has 2 fully saturated rings. The Morgan fingerprint density at radius 1 is 0.906 bits per heavy atom. The van der Waals surface area contributed by atoms with Gasteiger partial charge in [0.25, 0.3) is 0 Å². The highest BCUT2D eigenvalue weighted by molar-refractivity contribution is 5.73. The van der Waals surface area contributed by atoms with Gasteiger partial charge in [-0.1, -0.05) is 0 Å². The second-order valence-corrected chi connectivity index (χ2v) is 9.16. The summed E-state index contributed by atoms with van der Waals surface area (Å²) in [6.07, 6.45) is 0.983. The predicted octanol–water partition coefficient (Wildman–Crippen LogP) is 3.44. The average molecular weight is 441 g/mol. The number of piperazine rings is 1. The van der Waals surface area contributed by atoms with E-state index in [-0.39, 0.29) is 29.5 Å². The maximum Gasteiger partial charge on any atom is 0.219 e. The minimum atomic E-state index is -0.247. The van der Waals surface area contributed by atoms with Crippen molar-refractivity contribution in [2.24, 2.45) is 0 Å². The minimum Gasteiger partial charge on any atom is -0.340 e. The van der Waals surface area contributed by atoms with Crippen molar-refractivity contribution in [3.8, 4) is 0 Å². The van der Waals surface area contributed by atoms with Crippen molar-refractivity contribution in [3.63, 3.8) is 0 Å². The normalized spacial score (nSPS) is 23.8. The number of benzene rings is 2. The first-order valence-electron chi connectivity index (χ1n) is 11.5. The third-order valence-corrected chi connectivity index (χ3v) is 7.30.